The molecule has 3 rings (SSSR count). The Balaban J connectivity index is 1.60. The Bertz CT molecular complexity index is 875. The minimum Gasteiger partial charge on any atom is -0.493 e. The Morgan fingerprint density at radius 2 is 1.92 bits per heavy atom. The summed E-state index contributed by atoms with van der Waals surface area (Å²) < 4.78 is 15.8. The van der Waals surface area contributed by atoms with Crippen molar-refractivity contribution >= 4 is 5.91 Å². The van der Waals surface area contributed by atoms with E-state index in [1.54, 1.807) is 38.8 Å². The van der Waals surface area contributed by atoms with Crippen molar-refractivity contribution < 1.29 is 18.7 Å². The number of carbonyl (C=O) groups is 1. The highest BCUT2D eigenvalue weighted by molar-refractivity contribution is 5.78. The number of aromatic nitrogens is 1. The van der Waals surface area contributed by atoms with E-state index in [1.807, 2.05) is 30.3 Å². The zero-order valence-corrected chi connectivity index (χ0v) is 14.7. The van der Waals surface area contributed by atoms with Gasteiger partial charge >= 0.3 is 0 Å². The van der Waals surface area contributed by atoms with Gasteiger partial charge < -0.3 is 19.2 Å². The smallest absolute Gasteiger partial charge is 0.224 e. The van der Waals surface area contributed by atoms with E-state index in [9.17, 15) is 4.79 Å². The van der Waals surface area contributed by atoms with Crippen LogP contribution in [0.25, 0.3) is 11.5 Å². The fraction of sp³-hybridized carbons (Fsp3) is 0.200. The van der Waals surface area contributed by atoms with Crippen LogP contribution in [0.3, 0.4) is 0 Å². The summed E-state index contributed by atoms with van der Waals surface area (Å²) in [6.07, 6.45) is 3.57. The van der Waals surface area contributed by atoms with Crippen molar-refractivity contribution in [2.75, 3.05) is 14.2 Å². The van der Waals surface area contributed by atoms with Crippen LogP contribution in [0.4, 0.5) is 0 Å². The summed E-state index contributed by atoms with van der Waals surface area (Å²) in [5.41, 5.74) is 2.54. The zero-order chi connectivity index (χ0) is 18.4. The molecule has 6 nitrogen and oxygen atoms in total. The highest BCUT2D eigenvalue weighted by Crippen LogP contribution is 2.27. The third-order valence-corrected chi connectivity index (χ3v) is 3.90. The fourth-order valence-electron chi connectivity index (χ4n) is 2.58. The first-order valence-electron chi connectivity index (χ1n) is 8.16. The molecule has 1 amide bonds. The van der Waals surface area contributed by atoms with Gasteiger partial charge in [-0.3, -0.25) is 9.78 Å². The van der Waals surface area contributed by atoms with Crippen molar-refractivity contribution in [2.45, 2.75) is 13.0 Å². The van der Waals surface area contributed by atoms with Gasteiger partial charge in [0, 0.05) is 12.7 Å². The molecule has 0 saturated heterocycles. The molecule has 0 aliphatic rings. The van der Waals surface area contributed by atoms with Crippen LogP contribution in [0.1, 0.15) is 11.1 Å². The molecule has 0 atom stereocenters. The highest BCUT2D eigenvalue weighted by atomic mass is 16.5. The van der Waals surface area contributed by atoms with E-state index in [0.717, 1.165) is 16.8 Å². The van der Waals surface area contributed by atoms with E-state index < -0.39 is 0 Å². The van der Waals surface area contributed by atoms with Crippen LogP contribution >= 0.6 is 0 Å². The van der Waals surface area contributed by atoms with Crippen LogP contribution in [0, 0.1) is 0 Å². The van der Waals surface area contributed by atoms with Crippen molar-refractivity contribution in [1.29, 1.82) is 0 Å². The molecule has 2 aromatic heterocycles. The molecule has 1 N–H and O–H groups in total. The second-order valence-corrected chi connectivity index (χ2v) is 5.67. The zero-order valence-electron chi connectivity index (χ0n) is 14.7. The summed E-state index contributed by atoms with van der Waals surface area (Å²) in [5.74, 6) is 1.87. The SMILES string of the molecule is COc1ccc(CC(=O)NCc2ccnc(-c3ccco3)c2)cc1OC. The maximum Gasteiger partial charge on any atom is 0.224 e. The quantitative estimate of drug-likeness (QED) is 0.707. The predicted octanol–water partition coefficient (Wildman–Crippen LogP) is 3.22. The van der Waals surface area contributed by atoms with Gasteiger partial charge in [0.15, 0.2) is 17.3 Å². The number of methoxy groups -OCH3 is 2. The third-order valence-electron chi connectivity index (χ3n) is 3.90. The standard InChI is InChI=1S/C20H20N2O4/c1-24-18-6-5-14(11-19(18)25-2)12-20(23)22-13-15-7-8-21-16(10-15)17-4-3-9-26-17/h3-11H,12-13H2,1-2H3,(H,22,23). The summed E-state index contributed by atoms with van der Waals surface area (Å²) >= 11 is 0. The van der Waals surface area contributed by atoms with Crippen LogP contribution in [-0.4, -0.2) is 25.1 Å². The Kier molecular flexibility index (Phi) is 5.53. The van der Waals surface area contributed by atoms with Crippen molar-refractivity contribution in [3.8, 4) is 23.0 Å². The second kappa shape index (κ2) is 8.20. The van der Waals surface area contributed by atoms with Gasteiger partial charge in [0.1, 0.15) is 5.69 Å². The number of amides is 1. The topological polar surface area (TPSA) is 73.6 Å². The number of carbonyl (C=O) groups excluding carboxylic acids is 1. The first-order valence-corrected chi connectivity index (χ1v) is 8.16. The Morgan fingerprint density at radius 3 is 2.65 bits per heavy atom. The number of nitrogens with zero attached hydrogens (tertiary/aromatic N) is 1. The van der Waals surface area contributed by atoms with Crippen LogP contribution in [0.2, 0.25) is 0 Å². The molecule has 0 bridgehead atoms. The highest BCUT2D eigenvalue weighted by Gasteiger charge is 2.09. The van der Waals surface area contributed by atoms with Crippen LogP contribution in [0.15, 0.2) is 59.3 Å². The summed E-state index contributed by atoms with van der Waals surface area (Å²) in [6, 6.07) is 12.9. The number of furan rings is 1. The number of hydrogen-bond acceptors (Lipinski definition) is 5. The summed E-state index contributed by atoms with van der Waals surface area (Å²) in [4.78, 5) is 16.5. The Morgan fingerprint density at radius 1 is 1.08 bits per heavy atom. The number of ether oxygens (including phenoxy) is 2. The lowest BCUT2D eigenvalue weighted by atomic mass is 10.1. The molecular weight excluding hydrogens is 332 g/mol. The molecule has 0 aliphatic heterocycles. The van der Waals surface area contributed by atoms with Gasteiger partial charge in [-0.2, -0.15) is 0 Å². The van der Waals surface area contributed by atoms with E-state index in [0.29, 0.717) is 23.8 Å². The van der Waals surface area contributed by atoms with Crippen LogP contribution in [0.5, 0.6) is 11.5 Å². The Labute approximate surface area is 151 Å². The lowest BCUT2D eigenvalue weighted by molar-refractivity contribution is -0.120. The third kappa shape index (κ3) is 4.22. The average Bonchev–Trinajstić information content (AvgIpc) is 3.21. The van der Waals surface area contributed by atoms with Gasteiger partial charge in [0.05, 0.1) is 26.9 Å². The monoisotopic (exact) mass is 352 g/mol. The molecule has 26 heavy (non-hydrogen) atoms. The number of benzene rings is 1. The molecule has 0 saturated carbocycles. The lowest BCUT2D eigenvalue weighted by Gasteiger charge is -2.10. The molecule has 0 unspecified atom stereocenters. The normalized spacial score (nSPS) is 10.4. The second-order valence-electron chi connectivity index (χ2n) is 5.67. The van der Waals surface area contributed by atoms with Crippen molar-refractivity contribution in [3.05, 3.63) is 66.1 Å². The maximum atomic E-state index is 12.2. The number of nitrogens with one attached hydrogen (secondary N) is 1. The summed E-state index contributed by atoms with van der Waals surface area (Å²) in [5, 5.41) is 2.92. The molecule has 6 heteroatoms. The van der Waals surface area contributed by atoms with Gasteiger partial charge in [-0.1, -0.05) is 6.07 Å². The van der Waals surface area contributed by atoms with Gasteiger partial charge in [-0.15, -0.1) is 0 Å². The van der Waals surface area contributed by atoms with E-state index in [4.69, 9.17) is 13.9 Å². The van der Waals surface area contributed by atoms with Gasteiger partial charge in [0.2, 0.25) is 5.91 Å². The largest absolute Gasteiger partial charge is 0.493 e. The van der Waals surface area contributed by atoms with E-state index in [1.165, 1.54) is 0 Å². The molecule has 0 fully saturated rings. The molecule has 0 radical (unpaired) electrons. The van der Waals surface area contributed by atoms with Gasteiger partial charge in [-0.05, 0) is 47.5 Å². The lowest BCUT2D eigenvalue weighted by Crippen LogP contribution is -2.24. The fourth-order valence-corrected chi connectivity index (χ4v) is 2.58. The minimum absolute atomic E-state index is 0.0754. The molecule has 1 aromatic carbocycles. The average molecular weight is 352 g/mol. The van der Waals surface area contributed by atoms with Crippen LogP contribution < -0.4 is 14.8 Å². The molecule has 2 heterocycles. The van der Waals surface area contributed by atoms with E-state index >= 15 is 0 Å². The van der Waals surface area contributed by atoms with Crippen molar-refractivity contribution in [1.82, 2.24) is 10.3 Å². The summed E-state index contributed by atoms with van der Waals surface area (Å²) in [6.45, 7) is 0.419. The van der Waals surface area contributed by atoms with E-state index in [2.05, 4.69) is 10.3 Å². The number of hydrogen-bond donors (Lipinski definition) is 1. The van der Waals surface area contributed by atoms with Crippen LogP contribution in [-0.2, 0) is 17.8 Å². The number of pyridine rings is 1. The van der Waals surface area contributed by atoms with Crippen molar-refractivity contribution in [2.24, 2.45) is 0 Å². The molecule has 3 aromatic rings. The molecule has 0 aliphatic carbocycles. The van der Waals surface area contributed by atoms with E-state index in [-0.39, 0.29) is 12.3 Å². The molecule has 134 valence electrons. The van der Waals surface area contributed by atoms with Gasteiger partial charge in [-0.25, -0.2) is 0 Å². The Hall–Kier alpha value is -3.28. The maximum absolute atomic E-state index is 12.2. The summed E-state index contributed by atoms with van der Waals surface area (Å²) in [7, 11) is 3.15. The molecule has 0 spiro atoms. The predicted molar refractivity (Wildman–Crippen MR) is 97.0 cm³/mol. The van der Waals surface area contributed by atoms with Gasteiger partial charge in [0.25, 0.3) is 0 Å². The molecular formula is C20H20N2O4. The van der Waals surface area contributed by atoms with Crippen molar-refractivity contribution in [3.63, 3.8) is 0 Å². The first kappa shape index (κ1) is 17.5. The first-order chi connectivity index (χ1) is 12.7. The minimum atomic E-state index is -0.0754. The number of rotatable bonds is 7.